The van der Waals surface area contributed by atoms with Crippen molar-refractivity contribution in [3.63, 3.8) is 0 Å². The summed E-state index contributed by atoms with van der Waals surface area (Å²) < 4.78 is 1.93. The second-order valence-electron chi connectivity index (χ2n) is 5.05. The van der Waals surface area contributed by atoms with E-state index in [2.05, 4.69) is 17.2 Å². The van der Waals surface area contributed by atoms with Crippen LogP contribution in [0.3, 0.4) is 0 Å². The van der Waals surface area contributed by atoms with Gasteiger partial charge < -0.3 is 9.88 Å². The molecule has 100 valence electrons. The summed E-state index contributed by atoms with van der Waals surface area (Å²) in [6.45, 7) is 2.23. The van der Waals surface area contributed by atoms with Crippen LogP contribution in [0.25, 0.3) is 0 Å². The van der Waals surface area contributed by atoms with Crippen molar-refractivity contribution in [2.75, 3.05) is 5.75 Å². The quantitative estimate of drug-likeness (QED) is 0.851. The van der Waals surface area contributed by atoms with Gasteiger partial charge in [0, 0.05) is 25.5 Å². The van der Waals surface area contributed by atoms with Crippen molar-refractivity contribution in [2.24, 2.45) is 13.0 Å². The van der Waals surface area contributed by atoms with Crippen LogP contribution in [0.15, 0.2) is 17.6 Å². The molecule has 1 saturated carbocycles. The molecule has 1 aromatic heterocycles. The molecule has 0 spiro atoms. The minimum absolute atomic E-state index is 0.127. The molecule has 1 amide bonds. The molecule has 1 aromatic rings. The number of aryl methyl sites for hydroxylation is 1. The Hall–Kier alpha value is -0.970. The van der Waals surface area contributed by atoms with Crippen LogP contribution in [0.5, 0.6) is 0 Å². The summed E-state index contributed by atoms with van der Waals surface area (Å²) in [4.78, 5) is 16.1. The summed E-state index contributed by atoms with van der Waals surface area (Å²) in [5.74, 6) is 1.19. The fourth-order valence-corrected chi connectivity index (χ4v) is 3.14. The third-order valence-electron chi connectivity index (χ3n) is 3.57. The highest BCUT2D eigenvalue weighted by Gasteiger charge is 2.22. The third kappa shape index (κ3) is 3.51. The second-order valence-corrected chi connectivity index (χ2v) is 5.99. The Labute approximate surface area is 113 Å². The maximum absolute atomic E-state index is 11.9. The van der Waals surface area contributed by atoms with E-state index in [1.165, 1.54) is 31.0 Å². The van der Waals surface area contributed by atoms with E-state index < -0.39 is 0 Å². The smallest absolute Gasteiger partial charge is 0.230 e. The lowest BCUT2D eigenvalue weighted by atomic mass is 9.86. The molecule has 2 rings (SSSR count). The van der Waals surface area contributed by atoms with Crippen LogP contribution in [0, 0.1) is 5.92 Å². The maximum atomic E-state index is 11.9. The molecule has 18 heavy (non-hydrogen) atoms. The fraction of sp³-hybridized carbons (Fsp3) is 0.692. The molecule has 0 aliphatic heterocycles. The normalized spacial score (nSPS) is 23.9. The van der Waals surface area contributed by atoms with Crippen molar-refractivity contribution in [1.29, 1.82) is 0 Å². The molecule has 0 bridgehead atoms. The Morgan fingerprint density at radius 1 is 1.56 bits per heavy atom. The number of nitrogens with zero attached hydrogens (tertiary/aromatic N) is 2. The van der Waals surface area contributed by atoms with Crippen molar-refractivity contribution < 1.29 is 4.79 Å². The minimum atomic E-state index is 0.127. The van der Waals surface area contributed by atoms with Crippen LogP contribution in [0.1, 0.15) is 32.6 Å². The van der Waals surface area contributed by atoms with Gasteiger partial charge in [0.2, 0.25) is 5.91 Å². The first-order valence-corrected chi connectivity index (χ1v) is 7.55. The Morgan fingerprint density at radius 3 is 3.00 bits per heavy atom. The summed E-state index contributed by atoms with van der Waals surface area (Å²) in [6.07, 6.45) is 8.54. The molecule has 1 heterocycles. The molecule has 0 saturated heterocycles. The lowest BCUT2D eigenvalue weighted by molar-refractivity contribution is -0.119. The van der Waals surface area contributed by atoms with Crippen LogP contribution >= 0.6 is 11.8 Å². The van der Waals surface area contributed by atoms with Gasteiger partial charge in [-0.05, 0) is 18.8 Å². The molecule has 1 N–H and O–H groups in total. The van der Waals surface area contributed by atoms with Gasteiger partial charge in [-0.1, -0.05) is 31.5 Å². The number of hydrogen-bond acceptors (Lipinski definition) is 3. The molecule has 0 unspecified atom stereocenters. The van der Waals surface area contributed by atoms with Gasteiger partial charge in [-0.3, -0.25) is 4.79 Å². The molecule has 4 nitrogen and oxygen atoms in total. The highest BCUT2D eigenvalue weighted by Crippen LogP contribution is 2.24. The zero-order valence-electron chi connectivity index (χ0n) is 11.1. The van der Waals surface area contributed by atoms with Crippen molar-refractivity contribution in [3.8, 4) is 0 Å². The predicted molar refractivity (Wildman–Crippen MR) is 73.5 cm³/mol. The van der Waals surface area contributed by atoms with E-state index in [4.69, 9.17) is 0 Å². The zero-order valence-corrected chi connectivity index (χ0v) is 11.9. The van der Waals surface area contributed by atoms with E-state index in [1.54, 1.807) is 6.20 Å². The van der Waals surface area contributed by atoms with Gasteiger partial charge in [-0.2, -0.15) is 0 Å². The highest BCUT2D eigenvalue weighted by atomic mass is 32.2. The molecule has 0 aromatic carbocycles. The number of imidazole rings is 1. The summed E-state index contributed by atoms with van der Waals surface area (Å²) in [6, 6.07) is 0.369. The standard InChI is InChI=1S/C13H21N3OS/c1-10-5-3-4-6-11(10)15-12(17)9-18-13-14-7-8-16(13)2/h7-8,10-11H,3-6,9H2,1-2H3,(H,15,17)/t10-,11-/m1/s1. The number of aromatic nitrogens is 2. The molecule has 1 aliphatic rings. The van der Waals surface area contributed by atoms with Crippen LogP contribution < -0.4 is 5.32 Å². The van der Waals surface area contributed by atoms with E-state index in [0.29, 0.717) is 17.7 Å². The third-order valence-corrected chi connectivity index (χ3v) is 4.63. The first kappa shape index (κ1) is 13.5. The van der Waals surface area contributed by atoms with Gasteiger partial charge in [-0.15, -0.1) is 0 Å². The van der Waals surface area contributed by atoms with Crippen molar-refractivity contribution in [2.45, 2.75) is 43.8 Å². The average molecular weight is 267 g/mol. The Kier molecular flexibility index (Phi) is 4.69. The summed E-state index contributed by atoms with van der Waals surface area (Å²) in [7, 11) is 1.94. The number of carbonyl (C=O) groups is 1. The van der Waals surface area contributed by atoms with Crippen molar-refractivity contribution in [3.05, 3.63) is 12.4 Å². The largest absolute Gasteiger partial charge is 0.352 e. The van der Waals surface area contributed by atoms with Gasteiger partial charge in [0.05, 0.1) is 5.75 Å². The van der Waals surface area contributed by atoms with Gasteiger partial charge in [0.1, 0.15) is 0 Å². The summed E-state index contributed by atoms with van der Waals surface area (Å²) in [5, 5.41) is 4.04. The lowest BCUT2D eigenvalue weighted by Gasteiger charge is -2.29. The number of amides is 1. The SMILES string of the molecule is C[C@@H]1CCCC[C@H]1NC(=O)CSc1nccn1C. The molecule has 0 radical (unpaired) electrons. The molecular weight excluding hydrogens is 246 g/mol. The first-order chi connectivity index (χ1) is 8.66. The van der Waals surface area contributed by atoms with Gasteiger partial charge in [-0.25, -0.2) is 4.98 Å². The Balaban J connectivity index is 1.76. The number of hydrogen-bond donors (Lipinski definition) is 1. The average Bonchev–Trinajstić information content (AvgIpc) is 2.75. The molecule has 5 heteroatoms. The van der Waals surface area contributed by atoms with E-state index >= 15 is 0 Å². The van der Waals surface area contributed by atoms with Gasteiger partial charge >= 0.3 is 0 Å². The molecular formula is C13H21N3OS. The fourth-order valence-electron chi connectivity index (χ4n) is 2.40. The summed E-state index contributed by atoms with van der Waals surface area (Å²) >= 11 is 1.49. The topological polar surface area (TPSA) is 46.9 Å². The van der Waals surface area contributed by atoms with E-state index in [-0.39, 0.29) is 5.91 Å². The number of thioether (sulfide) groups is 1. The van der Waals surface area contributed by atoms with Gasteiger partial charge in [0.15, 0.2) is 5.16 Å². The lowest BCUT2D eigenvalue weighted by Crippen LogP contribution is -2.41. The van der Waals surface area contributed by atoms with Crippen LogP contribution in [0.4, 0.5) is 0 Å². The van der Waals surface area contributed by atoms with Crippen LogP contribution in [-0.4, -0.2) is 27.3 Å². The Morgan fingerprint density at radius 2 is 2.33 bits per heavy atom. The maximum Gasteiger partial charge on any atom is 0.230 e. The Bertz CT molecular complexity index is 405. The number of carbonyl (C=O) groups excluding carboxylic acids is 1. The number of rotatable bonds is 4. The van der Waals surface area contributed by atoms with E-state index in [9.17, 15) is 4.79 Å². The zero-order chi connectivity index (χ0) is 13.0. The van der Waals surface area contributed by atoms with Crippen LogP contribution in [-0.2, 0) is 11.8 Å². The summed E-state index contributed by atoms with van der Waals surface area (Å²) in [5.41, 5.74) is 0. The predicted octanol–water partition coefficient (Wildman–Crippen LogP) is 2.21. The van der Waals surface area contributed by atoms with Crippen molar-refractivity contribution >= 4 is 17.7 Å². The highest BCUT2D eigenvalue weighted by molar-refractivity contribution is 7.99. The second kappa shape index (κ2) is 6.27. The molecule has 2 atom stereocenters. The van der Waals surface area contributed by atoms with Crippen molar-refractivity contribution in [1.82, 2.24) is 14.9 Å². The minimum Gasteiger partial charge on any atom is -0.352 e. The number of nitrogens with one attached hydrogen (secondary N) is 1. The molecule has 1 fully saturated rings. The van der Waals surface area contributed by atoms with Gasteiger partial charge in [0.25, 0.3) is 0 Å². The van der Waals surface area contributed by atoms with E-state index in [0.717, 1.165) is 11.6 Å². The monoisotopic (exact) mass is 267 g/mol. The first-order valence-electron chi connectivity index (χ1n) is 6.56. The van der Waals surface area contributed by atoms with Crippen LogP contribution in [0.2, 0.25) is 0 Å². The van der Waals surface area contributed by atoms with E-state index in [1.807, 2.05) is 17.8 Å². The molecule has 1 aliphatic carbocycles.